The van der Waals surface area contributed by atoms with Gasteiger partial charge in [0.05, 0.1) is 36.8 Å². The van der Waals surface area contributed by atoms with Gasteiger partial charge in [-0.1, -0.05) is 5.21 Å². The normalized spacial score (nSPS) is 10.3. The van der Waals surface area contributed by atoms with E-state index in [0.29, 0.717) is 6.54 Å². The van der Waals surface area contributed by atoms with Gasteiger partial charge in [0.2, 0.25) is 0 Å². The summed E-state index contributed by atoms with van der Waals surface area (Å²) >= 11 is 0. The molecular formula is C12H13FN4O2. The van der Waals surface area contributed by atoms with Crippen LogP contribution in [0.25, 0.3) is 0 Å². The summed E-state index contributed by atoms with van der Waals surface area (Å²) in [5, 5.41) is 10.4. The lowest BCUT2D eigenvalue weighted by Gasteiger charge is -2.08. The summed E-state index contributed by atoms with van der Waals surface area (Å²) in [6.45, 7) is 0.352. The molecule has 100 valence electrons. The van der Waals surface area contributed by atoms with Crippen molar-refractivity contribution in [3.63, 3.8) is 0 Å². The molecule has 0 spiro atoms. The molecule has 2 rings (SSSR count). The van der Waals surface area contributed by atoms with Gasteiger partial charge in [-0.2, -0.15) is 0 Å². The highest BCUT2D eigenvalue weighted by Crippen LogP contribution is 2.17. The largest absolute Gasteiger partial charge is 0.465 e. The summed E-state index contributed by atoms with van der Waals surface area (Å²) in [7, 11) is 3.02. The second-order valence-corrected chi connectivity index (χ2v) is 3.89. The maximum Gasteiger partial charge on any atom is 0.337 e. The number of hydrogen-bond acceptors (Lipinski definition) is 5. The van der Waals surface area contributed by atoms with Gasteiger partial charge in [0.15, 0.2) is 0 Å². The number of aryl methyl sites for hydroxylation is 1. The van der Waals surface area contributed by atoms with Crippen LogP contribution in [0, 0.1) is 5.82 Å². The van der Waals surface area contributed by atoms with Crippen molar-refractivity contribution in [2.45, 2.75) is 6.54 Å². The third kappa shape index (κ3) is 2.87. The average Bonchev–Trinajstić information content (AvgIpc) is 2.82. The predicted molar refractivity (Wildman–Crippen MR) is 66.1 cm³/mol. The molecule has 0 aliphatic carbocycles. The monoisotopic (exact) mass is 264 g/mol. The van der Waals surface area contributed by atoms with E-state index in [-0.39, 0.29) is 11.3 Å². The Hall–Kier alpha value is -2.44. The number of rotatable bonds is 4. The number of benzene rings is 1. The number of anilines is 1. The molecule has 7 heteroatoms. The van der Waals surface area contributed by atoms with Crippen molar-refractivity contribution < 1.29 is 13.9 Å². The molecule has 0 saturated heterocycles. The smallest absolute Gasteiger partial charge is 0.337 e. The highest BCUT2D eigenvalue weighted by atomic mass is 19.1. The maximum atomic E-state index is 13.6. The Kier molecular flexibility index (Phi) is 3.74. The second-order valence-electron chi connectivity index (χ2n) is 3.89. The number of aromatic nitrogens is 3. The minimum atomic E-state index is -0.509. The number of esters is 1. The highest BCUT2D eigenvalue weighted by Gasteiger charge is 2.10. The molecule has 19 heavy (non-hydrogen) atoms. The Morgan fingerprint density at radius 2 is 2.32 bits per heavy atom. The van der Waals surface area contributed by atoms with Gasteiger partial charge in [0.25, 0.3) is 0 Å². The fourth-order valence-corrected chi connectivity index (χ4v) is 1.56. The van der Waals surface area contributed by atoms with E-state index in [1.165, 1.54) is 25.3 Å². The first-order valence-corrected chi connectivity index (χ1v) is 5.57. The van der Waals surface area contributed by atoms with Crippen molar-refractivity contribution >= 4 is 11.7 Å². The molecule has 1 heterocycles. The van der Waals surface area contributed by atoms with Gasteiger partial charge >= 0.3 is 5.97 Å². The molecule has 2 aromatic rings. The van der Waals surface area contributed by atoms with Crippen molar-refractivity contribution in [2.24, 2.45) is 7.05 Å². The molecule has 0 aliphatic heterocycles. The van der Waals surface area contributed by atoms with E-state index in [4.69, 9.17) is 0 Å². The molecule has 1 aromatic heterocycles. The van der Waals surface area contributed by atoms with Crippen molar-refractivity contribution in [3.8, 4) is 0 Å². The maximum absolute atomic E-state index is 13.6. The lowest BCUT2D eigenvalue weighted by atomic mass is 10.2. The number of ether oxygens (including phenoxy) is 1. The summed E-state index contributed by atoms with van der Waals surface area (Å²) in [4.78, 5) is 11.4. The zero-order valence-electron chi connectivity index (χ0n) is 10.6. The topological polar surface area (TPSA) is 69.0 Å². The van der Waals surface area contributed by atoms with Crippen molar-refractivity contribution in [1.29, 1.82) is 0 Å². The molecule has 0 aliphatic rings. The van der Waals surface area contributed by atoms with Gasteiger partial charge in [0.1, 0.15) is 5.82 Å². The fraction of sp³-hybridized carbons (Fsp3) is 0.250. The standard InChI is InChI=1S/C12H13FN4O2/c1-17-9(7-15-16-17)6-14-11-5-8(12(18)19-2)3-4-10(11)13/h3-5,7,14H,6H2,1-2H3. The first-order chi connectivity index (χ1) is 9.11. The SMILES string of the molecule is COC(=O)c1ccc(F)c(NCc2cnnn2C)c1. The van der Waals surface area contributed by atoms with E-state index < -0.39 is 11.8 Å². The van der Waals surface area contributed by atoms with Crippen LogP contribution in [0.1, 0.15) is 16.1 Å². The third-order valence-electron chi connectivity index (χ3n) is 2.66. The van der Waals surface area contributed by atoms with Crippen molar-refractivity contribution in [2.75, 3.05) is 12.4 Å². The lowest BCUT2D eigenvalue weighted by Crippen LogP contribution is -2.08. The van der Waals surface area contributed by atoms with E-state index in [2.05, 4.69) is 20.4 Å². The first-order valence-electron chi connectivity index (χ1n) is 5.57. The Balaban J connectivity index is 2.15. The van der Waals surface area contributed by atoms with E-state index >= 15 is 0 Å². The Bertz CT molecular complexity index is 597. The number of methoxy groups -OCH3 is 1. The van der Waals surface area contributed by atoms with Crippen LogP contribution in [0.4, 0.5) is 10.1 Å². The van der Waals surface area contributed by atoms with Crippen LogP contribution in [0.5, 0.6) is 0 Å². The lowest BCUT2D eigenvalue weighted by molar-refractivity contribution is 0.0600. The van der Waals surface area contributed by atoms with E-state index in [1.54, 1.807) is 17.9 Å². The molecule has 0 bridgehead atoms. The van der Waals surface area contributed by atoms with Gasteiger partial charge in [-0.15, -0.1) is 5.10 Å². The summed E-state index contributed by atoms with van der Waals surface area (Å²) in [6, 6.07) is 4.00. The zero-order chi connectivity index (χ0) is 13.8. The van der Waals surface area contributed by atoms with Gasteiger partial charge in [0, 0.05) is 7.05 Å². The van der Waals surface area contributed by atoms with Crippen LogP contribution >= 0.6 is 0 Å². The predicted octanol–water partition coefficient (Wildman–Crippen LogP) is 1.35. The molecule has 0 atom stereocenters. The van der Waals surface area contributed by atoms with Crippen LogP contribution in [0.3, 0.4) is 0 Å². The number of carbonyl (C=O) groups is 1. The van der Waals surface area contributed by atoms with Gasteiger partial charge in [-0.25, -0.2) is 9.18 Å². The number of carbonyl (C=O) groups excluding carboxylic acids is 1. The van der Waals surface area contributed by atoms with Crippen LogP contribution < -0.4 is 5.32 Å². The summed E-state index contributed by atoms with van der Waals surface area (Å²) in [6.07, 6.45) is 1.58. The molecule has 0 saturated carbocycles. The van der Waals surface area contributed by atoms with E-state index in [1.807, 2.05) is 0 Å². The van der Waals surface area contributed by atoms with Crippen LogP contribution in [0.15, 0.2) is 24.4 Å². The first kappa shape index (κ1) is 13.0. The molecule has 0 fully saturated rings. The number of halogens is 1. The van der Waals surface area contributed by atoms with Crippen molar-refractivity contribution in [1.82, 2.24) is 15.0 Å². The van der Waals surface area contributed by atoms with Crippen LogP contribution in [-0.4, -0.2) is 28.1 Å². The molecule has 0 unspecified atom stereocenters. The Morgan fingerprint density at radius 3 is 2.95 bits per heavy atom. The Labute approximate surface area is 109 Å². The molecule has 0 radical (unpaired) electrons. The molecule has 6 nitrogen and oxygen atoms in total. The zero-order valence-corrected chi connectivity index (χ0v) is 10.6. The molecular weight excluding hydrogens is 251 g/mol. The highest BCUT2D eigenvalue weighted by molar-refractivity contribution is 5.90. The minimum absolute atomic E-state index is 0.226. The van der Waals surface area contributed by atoms with E-state index in [0.717, 1.165) is 5.69 Å². The molecule has 1 N–H and O–H groups in total. The minimum Gasteiger partial charge on any atom is -0.465 e. The number of nitrogens with one attached hydrogen (secondary N) is 1. The second kappa shape index (κ2) is 5.47. The summed E-state index contributed by atoms with van der Waals surface area (Å²) < 4.78 is 19.8. The third-order valence-corrected chi connectivity index (χ3v) is 2.66. The van der Waals surface area contributed by atoms with Gasteiger partial charge in [-0.05, 0) is 18.2 Å². The van der Waals surface area contributed by atoms with Crippen molar-refractivity contribution in [3.05, 3.63) is 41.5 Å². The average molecular weight is 264 g/mol. The van der Waals surface area contributed by atoms with Gasteiger partial charge in [-0.3, -0.25) is 4.68 Å². The molecule has 1 aromatic carbocycles. The molecule has 0 amide bonds. The quantitative estimate of drug-likeness (QED) is 0.844. The van der Waals surface area contributed by atoms with E-state index in [9.17, 15) is 9.18 Å². The van der Waals surface area contributed by atoms with Crippen LogP contribution in [0.2, 0.25) is 0 Å². The van der Waals surface area contributed by atoms with Crippen LogP contribution in [-0.2, 0) is 18.3 Å². The van der Waals surface area contributed by atoms with Gasteiger partial charge < -0.3 is 10.1 Å². The fourth-order valence-electron chi connectivity index (χ4n) is 1.56. The number of nitrogens with zero attached hydrogens (tertiary/aromatic N) is 3. The summed E-state index contributed by atoms with van der Waals surface area (Å²) in [5.41, 5.74) is 1.31. The summed E-state index contributed by atoms with van der Waals surface area (Å²) in [5.74, 6) is -0.951. The number of hydrogen-bond donors (Lipinski definition) is 1. The Morgan fingerprint density at radius 1 is 1.53 bits per heavy atom.